The molecule has 22 heavy (non-hydrogen) atoms. The molecule has 0 fully saturated rings. The topological polar surface area (TPSA) is 122 Å². The Labute approximate surface area is 132 Å². The third-order valence-corrected chi connectivity index (χ3v) is 4.66. The van der Waals surface area contributed by atoms with E-state index in [0.29, 0.717) is 5.13 Å². The van der Waals surface area contributed by atoms with Crippen molar-refractivity contribution >= 4 is 39.1 Å². The first kappa shape index (κ1) is 16.3. The van der Waals surface area contributed by atoms with Gasteiger partial charge >= 0.3 is 5.97 Å². The number of aromatic nitrogens is 2. The van der Waals surface area contributed by atoms with Gasteiger partial charge in [-0.1, -0.05) is 18.3 Å². The Morgan fingerprint density at radius 3 is 2.77 bits per heavy atom. The van der Waals surface area contributed by atoms with E-state index in [1.54, 1.807) is 0 Å². The van der Waals surface area contributed by atoms with E-state index < -0.39 is 22.7 Å². The normalized spacial score (nSPS) is 12.0. The summed E-state index contributed by atoms with van der Waals surface area (Å²) in [6.07, 6.45) is 0.726. The van der Waals surface area contributed by atoms with Crippen LogP contribution in [0.3, 0.4) is 0 Å². The van der Waals surface area contributed by atoms with Crippen molar-refractivity contribution in [2.45, 2.75) is 19.1 Å². The average molecular weight is 343 g/mol. The minimum Gasteiger partial charge on any atom is -0.475 e. The summed E-state index contributed by atoms with van der Waals surface area (Å²) in [7, 11) is -1.51. The Morgan fingerprint density at radius 1 is 1.41 bits per heavy atom. The van der Waals surface area contributed by atoms with Gasteiger partial charge in [0, 0.05) is 10.8 Å². The Morgan fingerprint density at radius 2 is 2.18 bits per heavy atom. The summed E-state index contributed by atoms with van der Waals surface area (Å²) in [6.45, 7) is 1.93. The second-order valence-electron chi connectivity index (χ2n) is 4.20. The predicted octanol–water partition coefficient (Wildman–Crippen LogP) is 1.28. The van der Waals surface area contributed by atoms with Crippen LogP contribution in [0.1, 0.15) is 28.2 Å². The van der Waals surface area contributed by atoms with Crippen LogP contribution < -0.4 is 5.32 Å². The number of rotatable bonds is 7. The van der Waals surface area contributed by atoms with E-state index >= 15 is 0 Å². The van der Waals surface area contributed by atoms with E-state index in [2.05, 4.69) is 15.5 Å². The lowest BCUT2D eigenvalue weighted by molar-refractivity contribution is -0.113. The predicted molar refractivity (Wildman–Crippen MR) is 80.3 cm³/mol. The number of furan rings is 1. The summed E-state index contributed by atoms with van der Waals surface area (Å²) < 4.78 is 16.9. The molecule has 2 heterocycles. The maximum absolute atomic E-state index is 11.9. The van der Waals surface area contributed by atoms with Crippen molar-refractivity contribution < 1.29 is 23.3 Å². The largest absolute Gasteiger partial charge is 0.475 e. The van der Waals surface area contributed by atoms with E-state index in [-0.39, 0.29) is 23.0 Å². The fraction of sp³-hybridized carbons (Fsp3) is 0.333. The molecule has 1 atom stereocenters. The standard InChI is InChI=1S/C12H13N3O5S2/c1-2-10-14-15-12(21-10)13-9(16)6-22(19)5-7-3-4-8(20-7)11(17)18/h3-4H,2,5-6H2,1H3,(H,17,18)(H,13,15,16). The zero-order valence-electron chi connectivity index (χ0n) is 11.6. The van der Waals surface area contributed by atoms with Gasteiger partial charge in [-0.15, -0.1) is 10.2 Å². The minimum atomic E-state index is -1.51. The maximum Gasteiger partial charge on any atom is 0.371 e. The smallest absolute Gasteiger partial charge is 0.371 e. The molecule has 0 saturated heterocycles. The van der Waals surface area contributed by atoms with Crippen LogP contribution in [0.25, 0.3) is 0 Å². The van der Waals surface area contributed by atoms with Crippen molar-refractivity contribution in [3.63, 3.8) is 0 Å². The zero-order valence-corrected chi connectivity index (χ0v) is 13.2. The molecule has 0 saturated carbocycles. The molecule has 2 aromatic heterocycles. The Hall–Kier alpha value is -2.07. The van der Waals surface area contributed by atoms with Gasteiger partial charge < -0.3 is 9.52 Å². The van der Waals surface area contributed by atoms with E-state index in [1.165, 1.54) is 23.5 Å². The first-order valence-electron chi connectivity index (χ1n) is 6.27. The molecule has 0 aliphatic rings. The van der Waals surface area contributed by atoms with Crippen LogP contribution in [-0.4, -0.2) is 37.1 Å². The van der Waals surface area contributed by atoms with Gasteiger partial charge in [0.25, 0.3) is 0 Å². The second-order valence-corrected chi connectivity index (χ2v) is 6.72. The van der Waals surface area contributed by atoms with Crippen LogP contribution in [0.15, 0.2) is 16.5 Å². The molecule has 10 heteroatoms. The van der Waals surface area contributed by atoms with Crippen LogP contribution in [0.4, 0.5) is 5.13 Å². The SMILES string of the molecule is CCc1nnc(NC(=O)CS(=O)Cc2ccc(C(=O)O)o2)s1. The first-order chi connectivity index (χ1) is 10.5. The number of carboxylic acid groups (broad SMARTS) is 1. The molecule has 2 aromatic rings. The Bertz CT molecular complexity index is 709. The van der Waals surface area contributed by atoms with Gasteiger partial charge in [-0.3, -0.25) is 14.3 Å². The Kier molecular flexibility index (Phi) is 5.39. The molecular formula is C12H13N3O5S2. The number of hydrogen-bond donors (Lipinski definition) is 2. The van der Waals surface area contributed by atoms with E-state index in [0.717, 1.165) is 11.4 Å². The highest BCUT2D eigenvalue weighted by Crippen LogP contribution is 2.15. The van der Waals surface area contributed by atoms with E-state index in [4.69, 9.17) is 9.52 Å². The highest BCUT2D eigenvalue weighted by Gasteiger charge is 2.15. The van der Waals surface area contributed by atoms with Gasteiger partial charge in [-0.25, -0.2) is 4.79 Å². The number of anilines is 1. The molecule has 0 aliphatic carbocycles. The van der Waals surface area contributed by atoms with E-state index in [9.17, 15) is 13.8 Å². The van der Waals surface area contributed by atoms with Crippen molar-refractivity contribution in [2.24, 2.45) is 0 Å². The lowest BCUT2D eigenvalue weighted by Crippen LogP contribution is -2.20. The fourth-order valence-electron chi connectivity index (χ4n) is 1.53. The molecule has 0 radical (unpaired) electrons. The second kappa shape index (κ2) is 7.27. The molecule has 2 N–H and O–H groups in total. The van der Waals surface area contributed by atoms with Gasteiger partial charge in [0.2, 0.25) is 16.8 Å². The minimum absolute atomic E-state index is 0.0307. The molecule has 1 amide bonds. The summed E-state index contributed by atoms with van der Waals surface area (Å²) in [5, 5.41) is 20.1. The van der Waals surface area contributed by atoms with Crippen LogP contribution in [-0.2, 0) is 27.8 Å². The van der Waals surface area contributed by atoms with Gasteiger partial charge in [-0.2, -0.15) is 0 Å². The molecule has 0 aromatic carbocycles. The van der Waals surface area contributed by atoms with Crippen LogP contribution in [0.5, 0.6) is 0 Å². The number of amides is 1. The number of aryl methyl sites for hydroxylation is 1. The number of carbonyl (C=O) groups is 2. The molecule has 2 rings (SSSR count). The van der Waals surface area contributed by atoms with Crippen LogP contribution in [0.2, 0.25) is 0 Å². The summed E-state index contributed by atoms with van der Waals surface area (Å²) in [5.41, 5.74) is 0. The maximum atomic E-state index is 11.9. The molecule has 8 nitrogen and oxygen atoms in total. The van der Waals surface area contributed by atoms with Crippen LogP contribution >= 0.6 is 11.3 Å². The number of carboxylic acids is 1. The quantitative estimate of drug-likeness (QED) is 0.776. The molecule has 118 valence electrons. The van der Waals surface area contributed by atoms with Gasteiger partial charge in [0.05, 0.1) is 5.75 Å². The average Bonchev–Trinajstić information content (AvgIpc) is 3.07. The first-order valence-corrected chi connectivity index (χ1v) is 8.57. The third kappa shape index (κ3) is 4.46. The summed E-state index contributed by atoms with van der Waals surface area (Å²) >= 11 is 1.26. The fourth-order valence-corrected chi connectivity index (χ4v) is 3.16. The molecule has 1 unspecified atom stereocenters. The van der Waals surface area contributed by atoms with Crippen molar-refractivity contribution in [1.29, 1.82) is 0 Å². The summed E-state index contributed by atoms with van der Waals surface area (Å²) in [5.74, 6) is -1.87. The summed E-state index contributed by atoms with van der Waals surface area (Å²) in [4.78, 5) is 22.4. The number of carbonyl (C=O) groups excluding carboxylic acids is 1. The molecule has 0 spiro atoms. The lowest BCUT2D eigenvalue weighted by Gasteiger charge is -2.00. The lowest BCUT2D eigenvalue weighted by atomic mass is 10.4. The Balaban J connectivity index is 1.85. The van der Waals surface area contributed by atoms with E-state index in [1.807, 2.05) is 6.92 Å². The number of nitrogens with one attached hydrogen (secondary N) is 1. The number of nitrogens with zero attached hydrogens (tertiary/aromatic N) is 2. The van der Waals surface area contributed by atoms with Crippen LogP contribution in [0, 0.1) is 0 Å². The van der Waals surface area contributed by atoms with Gasteiger partial charge in [0.1, 0.15) is 16.5 Å². The van der Waals surface area contributed by atoms with Crippen molar-refractivity contribution in [1.82, 2.24) is 10.2 Å². The molecule has 0 aliphatic heterocycles. The highest BCUT2D eigenvalue weighted by molar-refractivity contribution is 7.84. The van der Waals surface area contributed by atoms with Crippen molar-refractivity contribution in [2.75, 3.05) is 11.1 Å². The monoisotopic (exact) mass is 343 g/mol. The molecular weight excluding hydrogens is 330 g/mol. The van der Waals surface area contributed by atoms with Crippen molar-refractivity contribution in [3.05, 3.63) is 28.7 Å². The zero-order chi connectivity index (χ0) is 16.1. The third-order valence-electron chi connectivity index (χ3n) is 2.48. The number of hydrogen-bond acceptors (Lipinski definition) is 7. The van der Waals surface area contributed by atoms with Gasteiger partial charge in [0.15, 0.2) is 0 Å². The van der Waals surface area contributed by atoms with Crippen molar-refractivity contribution in [3.8, 4) is 0 Å². The molecule has 0 bridgehead atoms. The summed E-state index contributed by atoms with van der Waals surface area (Å²) in [6, 6.07) is 2.71. The highest BCUT2D eigenvalue weighted by atomic mass is 32.2. The number of aromatic carboxylic acids is 1. The van der Waals surface area contributed by atoms with Gasteiger partial charge in [-0.05, 0) is 18.6 Å².